The quantitative estimate of drug-likeness (QED) is 0.201. The Bertz CT molecular complexity index is 982. The van der Waals surface area contributed by atoms with Gasteiger partial charge in [0.1, 0.15) is 18.1 Å². The first-order valence-electron chi connectivity index (χ1n) is 9.84. The molecule has 4 atom stereocenters. The van der Waals surface area contributed by atoms with Gasteiger partial charge in [-0.1, -0.05) is 18.2 Å². The van der Waals surface area contributed by atoms with Crippen molar-refractivity contribution in [3.8, 4) is 0 Å². The lowest BCUT2D eigenvalue weighted by Crippen LogP contribution is -2.57. The first-order chi connectivity index (χ1) is 15.2. The molecule has 0 aliphatic rings. The molecule has 0 bridgehead atoms. The van der Waals surface area contributed by atoms with Crippen LogP contribution in [0.5, 0.6) is 0 Å². The van der Waals surface area contributed by atoms with Gasteiger partial charge in [-0.3, -0.25) is 14.4 Å². The van der Waals surface area contributed by atoms with Gasteiger partial charge in [-0.05, 0) is 18.6 Å². The number of H-pyrrole nitrogens is 1. The number of hydrogen-bond donors (Lipinski definition) is 8. The third-order valence-electron chi connectivity index (χ3n) is 4.81. The van der Waals surface area contributed by atoms with Crippen molar-refractivity contribution in [3.05, 3.63) is 36.0 Å². The minimum atomic E-state index is -1.24. The molecule has 10 nitrogen and oxygen atoms in total. The number of nitrogens with one attached hydrogen (secondary N) is 4. The van der Waals surface area contributed by atoms with Gasteiger partial charge in [0.05, 0.1) is 6.04 Å². The summed E-state index contributed by atoms with van der Waals surface area (Å²) >= 11 is 7.90. The molecule has 2 aromatic rings. The highest BCUT2D eigenvalue weighted by molar-refractivity contribution is 7.80. The van der Waals surface area contributed by atoms with E-state index in [1.54, 1.807) is 6.20 Å². The van der Waals surface area contributed by atoms with Crippen LogP contribution in [0.1, 0.15) is 12.5 Å². The molecule has 1 aromatic carbocycles. The fourth-order valence-corrected chi connectivity index (χ4v) is 3.37. The lowest BCUT2D eigenvalue weighted by Gasteiger charge is -2.23. The van der Waals surface area contributed by atoms with E-state index < -0.39 is 47.9 Å². The average molecular weight is 482 g/mol. The summed E-state index contributed by atoms with van der Waals surface area (Å²) in [6, 6.07) is 3.32. The predicted molar refractivity (Wildman–Crippen MR) is 127 cm³/mol. The summed E-state index contributed by atoms with van der Waals surface area (Å²) < 4.78 is 0. The second-order valence-electron chi connectivity index (χ2n) is 7.23. The Morgan fingerprint density at radius 3 is 2.28 bits per heavy atom. The van der Waals surface area contributed by atoms with Gasteiger partial charge in [0, 0.05) is 35.0 Å². The summed E-state index contributed by atoms with van der Waals surface area (Å²) in [6.45, 7) is 1.41. The molecule has 174 valence electrons. The number of carbonyl (C=O) groups excluding carboxylic acids is 3. The number of benzene rings is 1. The topological polar surface area (TPSA) is 166 Å². The molecule has 0 fully saturated rings. The standard InChI is InChI=1S/C20H27N5O5S2/c1-10(17(26)25-16(9-32)20(29)30)23-19(28)15(24-18(27)13(21)8-31)6-11-7-22-14-5-3-2-4-12(11)14/h2-5,7,10,13,15-16,22,31-32H,6,8-9,21H2,1H3,(H,23,28)(H,24,27)(H,25,26)(H,29,30). The Balaban J connectivity index is 2.17. The number of aromatic nitrogens is 1. The SMILES string of the molecule is CC(NC(=O)C(Cc1c[nH]c2ccccc12)NC(=O)C(N)CS)C(=O)NC(CS)C(=O)O. The number of carboxylic acids is 1. The summed E-state index contributed by atoms with van der Waals surface area (Å²) in [6.07, 6.45) is 1.89. The number of hydrogen-bond acceptors (Lipinski definition) is 7. The zero-order chi connectivity index (χ0) is 23.8. The van der Waals surface area contributed by atoms with Gasteiger partial charge in [-0.2, -0.15) is 25.3 Å². The Morgan fingerprint density at radius 1 is 1.00 bits per heavy atom. The maximum Gasteiger partial charge on any atom is 0.327 e. The number of para-hydroxylation sites is 1. The van der Waals surface area contributed by atoms with Gasteiger partial charge in [-0.15, -0.1) is 0 Å². The zero-order valence-electron chi connectivity index (χ0n) is 17.4. The van der Waals surface area contributed by atoms with E-state index in [2.05, 4.69) is 46.2 Å². The Kier molecular flexibility index (Phi) is 9.42. The average Bonchev–Trinajstić information content (AvgIpc) is 3.18. The van der Waals surface area contributed by atoms with E-state index >= 15 is 0 Å². The van der Waals surface area contributed by atoms with Gasteiger partial charge in [0.2, 0.25) is 17.7 Å². The number of carboxylic acid groups (broad SMARTS) is 1. The lowest BCUT2D eigenvalue weighted by atomic mass is 10.0. The molecule has 32 heavy (non-hydrogen) atoms. The van der Waals surface area contributed by atoms with Crippen molar-refractivity contribution in [1.82, 2.24) is 20.9 Å². The van der Waals surface area contributed by atoms with E-state index in [1.807, 2.05) is 24.3 Å². The van der Waals surface area contributed by atoms with Crippen LogP contribution >= 0.6 is 25.3 Å². The van der Waals surface area contributed by atoms with Gasteiger partial charge in [-0.25, -0.2) is 4.79 Å². The first-order valence-corrected chi connectivity index (χ1v) is 11.1. The van der Waals surface area contributed by atoms with Gasteiger partial charge >= 0.3 is 5.97 Å². The first kappa shape index (κ1) is 25.6. The molecular formula is C20H27N5O5S2. The summed E-state index contributed by atoms with van der Waals surface area (Å²) in [4.78, 5) is 51.8. The normalized spacial score (nSPS) is 14.8. The van der Waals surface area contributed by atoms with E-state index in [-0.39, 0.29) is 17.9 Å². The fraction of sp³-hybridized carbons (Fsp3) is 0.400. The predicted octanol–water partition coefficient (Wildman–Crippen LogP) is -0.544. The van der Waals surface area contributed by atoms with Crippen LogP contribution in [-0.2, 0) is 25.6 Å². The van der Waals surface area contributed by atoms with Crippen LogP contribution < -0.4 is 21.7 Å². The number of nitrogens with two attached hydrogens (primary N) is 1. The maximum atomic E-state index is 12.9. The molecule has 7 N–H and O–H groups in total. The zero-order valence-corrected chi connectivity index (χ0v) is 19.2. The molecule has 0 aliphatic carbocycles. The number of aliphatic carboxylic acids is 1. The second-order valence-corrected chi connectivity index (χ2v) is 7.96. The van der Waals surface area contributed by atoms with E-state index in [1.165, 1.54) is 6.92 Å². The van der Waals surface area contributed by atoms with Crippen molar-refractivity contribution in [3.63, 3.8) is 0 Å². The van der Waals surface area contributed by atoms with E-state index in [9.17, 15) is 19.2 Å². The van der Waals surface area contributed by atoms with E-state index in [0.717, 1.165) is 16.5 Å². The monoisotopic (exact) mass is 481 g/mol. The summed E-state index contributed by atoms with van der Waals surface area (Å²) in [5.74, 6) is -3.12. The van der Waals surface area contributed by atoms with Crippen LogP contribution in [0, 0.1) is 0 Å². The number of fused-ring (bicyclic) bond motifs is 1. The third-order valence-corrected chi connectivity index (χ3v) is 5.57. The minimum Gasteiger partial charge on any atom is -0.480 e. The van der Waals surface area contributed by atoms with Crippen molar-refractivity contribution in [1.29, 1.82) is 0 Å². The summed E-state index contributed by atoms with van der Waals surface area (Å²) in [5.41, 5.74) is 7.39. The van der Waals surface area contributed by atoms with Crippen LogP contribution in [0.3, 0.4) is 0 Å². The molecule has 0 saturated carbocycles. The third kappa shape index (κ3) is 6.65. The van der Waals surface area contributed by atoms with Gasteiger partial charge in [0.25, 0.3) is 0 Å². The molecule has 4 unspecified atom stereocenters. The van der Waals surface area contributed by atoms with Crippen molar-refractivity contribution in [2.45, 2.75) is 37.5 Å². The van der Waals surface area contributed by atoms with Crippen molar-refractivity contribution < 1.29 is 24.3 Å². The number of amides is 3. The highest BCUT2D eigenvalue weighted by atomic mass is 32.1. The van der Waals surface area contributed by atoms with E-state index in [0.29, 0.717) is 0 Å². The van der Waals surface area contributed by atoms with Crippen LogP contribution in [0.4, 0.5) is 0 Å². The Labute approximate surface area is 195 Å². The van der Waals surface area contributed by atoms with Crippen LogP contribution in [0.25, 0.3) is 10.9 Å². The minimum absolute atomic E-state index is 0.0897. The van der Waals surface area contributed by atoms with Crippen LogP contribution in [0.15, 0.2) is 30.5 Å². The van der Waals surface area contributed by atoms with Gasteiger partial charge < -0.3 is 31.8 Å². The Hall–Kier alpha value is -2.70. The van der Waals surface area contributed by atoms with Crippen LogP contribution in [0.2, 0.25) is 0 Å². The lowest BCUT2D eigenvalue weighted by molar-refractivity contribution is -0.141. The van der Waals surface area contributed by atoms with Crippen LogP contribution in [-0.4, -0.2) is 69.5 Å². The molecule has 3 amide bonds. The van der Waals surface area contributed by atoms with Gasteiger partial charge in [0.15, 0.2) is 0 Å². The summed E-state index contributed by atoms with van der Waals surface area (Å²) in [7, 11) is 0. The highest BCUT2D eigenvalue weighted by Gasteiger charge is 2.28. The Morgan fingerprint density at radius 2 is 1.66 bits per heavy atom. The smallest absolute Gasteiger partial charge is 0.327 e. The second kappa shape index (κ2) is 11.8. The van der Waals surface area contributed by atoms with Crippen molar-refractivity contribution in [2.75, 3.05) is 11.5 Å². The molecular weight excluding hydrogens is 454 g/mol. The number of aromatic amines is 1. The van der Waals surface area contributed by atoms with E-state index in [4.69, 9.17) is 10.8 Å². The molecule has 0 saturated heterocycles. The highest BCUT2D eigenvalue weighted by Crippen LogP contribution is 2.19. The number of carbonyl (C=O) groups is 4. The molecule has 1 heterocycles. The fourth-order valence-electron chi connectivity index (χ4n) is 2.95. The molecule has 0 radical (unpaired) electrons. The number of rotatable bonds is 11. The maximum absolute atomic E-state index is 12.9. The van der Waals surface area contributed by atoms with Crippen molar-refractivity contribution >= 4 is 59.9 Å². The largest absolute Gasteiger partial charge is 0.480 e. The molecule has 12 heteroatoms. The van der Waals surface area contributed by atoms with Crippen molar-refractivity contribution in [2.24, 2.45) is 5.73 Å². The molecule has 1 aromatic heterocycles. The molecule has 0 spiro atoms. The molecule has 0 aliphatic heterocycles. The summed E-state index contributed by atoms with van der Waals surface area (Å²) in [5, 5.41) is 17.4. The number of thiol groups is 2. The molecule has 2 rings (SSSR count).